The average Bonchev–Trinajstić information content (AvgIpc) is 1.97. The first-order chi connectivity index (χ1) is 5.91. The van der Waals surface area contributed by atoms with Crippen molar-refractivity contribution in [2.24, 2.45) is 5.41 Å². The third-order valence-corrected chi connectivity index (χ3v) is 2.01. The summed E-state index contributed by atoms with van der Waals surface area (Å²) in [7, 11) is 0. The van der Waals surface area contributed by atoms with Gasteiger partial charge in [-0.2, -0.15) is 0 Å². The monoisotopic (exact) mass is 184 g/mol. The van der Waals surface area contributed by atoms with E-state index in [1.165, 1.54) is 18.2 Å². The van der Waals surface area contributed by atoms with E-state index in [-0.39, 0.29) is 5.83 Å². The first-order valence-corrected chi connectivity index (χ1v) is 4.31. The van der Waals surface area contributed by atoms with E-state index in [0.29, 0.717) is 5.57 Å². The molecule has 13 heavy (non-hydrogen) atoms. The van der Waals surface area contributed by atoms with Gasteiger partial charge in [-0.1, -0.05) is 19.9 Å². The van der Waals surface area contributed by atoms with Crippen LogP contribution >= 0.6 is 0 Å². The Balaban J connectivity index is 3.09. The van der Waals surface area contributed by atoms with Crippen molar-refractivity contribution >= 4 is 0 Å². The highest BCUT2D eigenvalue weighted by Crippen LogP contribution is 2.26. The Morgan fingerprint density at radius 2 is 2.00 bits per heavy atom. The lowest BCUT2D eigenvalue weighted by Crippen LogP contribution is -2.08. The maximum Gasteiger partial charge on any atom is 0.140 e. The summed E-state index contributed by atoms with van der Waals surface area (Å²) in [6.07, 6.45) is 4.72. The summed E-state index contributed by atoms with van der Waals surface area (Å²) in [5.74, 6) is -0.366. The van der Waals surface area contributed by atoms with Crippen molar-refractivity contribution in [3.05, 3.63) is 35.7 Å². The van der Waals surface area contributed by atoms with Gasteiger partial charge in [-0.3, -0.25) is 0 Å². The Hall–Kier alpha value is -0.920. The zero-order valence-electron chi connectivity index (χ0n) is 8.14. The zero-order chi connectivity index (χ0) is 10.1. The molecule has 0 nitrogen and oxygen atoms in total. The smallest absolute Gasteiger partial charge is 0.140 e. The summed E-state index contributed by atoms with van der Waals surface area (Å²) < 4.78 is 26.3. The van der Waals surface area contributed by atoms with Crippen LogP contribution in [0.5, 0.6) is 0 Å². The zero-order valence-corrected chi connectivity index (χ0v) is 8.14. The molecule has 0 aromatic heterocycles. The van der Waals surface area contributed by atoms with Crippen LogP contribution in [0, 0.1) is 5.41 Å². The number of rotatable bonds is 0. The Kier molecular flexibility index (Phi) is 2.69. The van der Waals surface area contributed by atoms with E-state index in [0.717, 1.165) is 0 Å². The molecule has 0 saturated carbocycles. The van der Waals surface area contributed by atoms with Gasteiger partial charge in [0.2, 0.25) is 0 Å². The fourth-order valence-corrected chi connectivity index (χ4v) is 1.23. The Bertz CT molecular complexity index is 282. The van der Waals surface area contributed by atoms with Gasteiger partial charge in [0.05, 0.1) is 0 Å². The summed E-state index contributed by atoms with van der Waals surface area (Å²) in [6.45, 7) is 5.26. The minimum absolute atomic E-state index is 0.366. The summed E-state index contributed by atoms with van der Waals surface area (Å²) in [6, 6.07) is 0. The maximum atomic E-state index is 13.2. The van der Waals surface area contributed by atoms with Crippen LogP contribution in [0.2, 0.25) is 0 Å². The van der Waals surface area contributed by atoms with Gasteiger partial charge in [-0.25, -0.2) is 8.78 Å². The Morgan fingerprint density at radius 1 is 1.38 bits per heavy atom. The molecule has 0 heterocycles. The highest BCUT2D eigenvalue weighted by molar-refractivity contribution is 5.29. The van der Waals surface area contributed by atoms with Crippen molar-refractivity contribution in [3.63, 3.8) is 0 Å². The van der Waals surface area contributed by atoms with Crippen LogP contribution in [0.1, 0.15) is 20.8 Å². The lowest BCUT2D eigenvalue weighted by atomic mass is 9.89. The molecule has 1 atom stereocenters. The first-order valence-electron chi connectivity index (χ1n) is 4.31. The average molecular weight is 184 g/mol. The lowest BCUT2D eigenvalue weighted by Gasteiger charge is -2.17. The van der Waals surface area contributed by atoms with Crippen LogP contribution in [-0.2, 0) is 0 Å². The van der Waals surface area contributed by atoms with Crippen LogP contribution in [0.25, 0.3) is 0 Å². The third-order valence-electron chi connectivity index (χ3n) is 2.01. The topological polar surface area (TPSA) is 0 Å². The largest absolute Gasteiger partial charge is 0.238 e. The van der Waals surface area contributed by atoms with Crippen LogP contribution in [0.3, 0.4) is 0 Å². The predicted octanol–water partition coefficient (Wildman–Crippen LogP) is 3.72. The van der Waals surface area contributed by atoms with E-state index in [2.05, 4.69) is 0 Å². The molecule has 0 amide bonds. The van der Waals surface area contributed by atoms with Crippen molar-refractivity contribution in [3.8, 4) is 0 Å². The van der Waals surface area contributed by atoms with Crippen molar-refractivity contribution in [2.75, 3.05) is 0 Å². The second kappa shape index (κ2) is 3.44. The fourth-order valence-electron chi connectivity index (χ4n) is 1.23. The summed E-state index contributed by atoms with van der Waals surface area (Å²) >= 11 is 0. The molecule has 0 spiro atoms. The molecule has 0 aromatic carbocycles. The number of hydrogen-bond acceptors (Lipinski definition) is 0. The molecule has 0 fully saturated rings. The molecule has 0 aromatic rings. The molecule has 1 aliphatic carbocycles. The van der Waals surface area contributed by atoms with Crippen molar-refractivity contribution in [1.82, 2.24) is 0 Å². The lowest BCUT2D eigenvalue weighted by molar-refractivity contribution is 0.440. The van der Waals surface area contributed by atoms with E-state index < -0.39 is 11.6 Å². The van der Waals surface area contributed by atoms with E-state index in [9.17, 15) is 8.78 Å². The molecule has 0 aliphatic heterocycles. The second-order valence-electron chi connectivity index (χ2n) is 4.00. The van der Waals surface area contributed by atoms with Gasteiger partial charge >= 0.3 is 0 Å². The molecular formula is C11H14F2. The Morgan fingerprint density at radius 3 is 2.62 bits per heavy atom. The minimum Gasteiger partial charge on any atom is -0.238 e. The van der Waals surface area contributed by atoms with E-state index in [4.69, 9.17) is 0 Å². The molecule has 1 aliphatic rings. The van der Waals surface area contributed by atoms with Gasteiger partial charge in [-0.05, 0) is 30.7 Å². The number of allylic oxidation sites excluding steroid dienone is 6. The van der Waals surface area contributed by atoms with Crippen LogP contribution < -0.4 is 0 Å². The second-order valence-corrected chi connectivity index (χ2v) is 4.00. The Labute approximate surface area is 77.6 Å². The molecule has 1 rings (SSSR count). The molecule has 0 saturated heterocycles. The van der Waals surface area contributed by atoms with E-state index in [1.54, 1.807) is 13.0 Å². The summed E-state index contributed by atoms with van der Waals surface area (Å²) in [4.78, 5) is 0. The molecule has 0 radical (unpaired) electrons. The standard InChI is InChI=1S/C11H14F2/c1-8-6-9(12)7-11(2,3)5-4-10(8)13/h4-7,10H,1-3H3. The minimum atomic E-state index is -1.17. The highest BCUT2D eigenvalue weighted by Gasteiger charge is 2.16. The van der Waals surface area contributed by atoms with Gasteiger partial charge in [0, 0.05) is 5.41 Å². The van der Waals surface area contributed by atoms with Gasteiger partial charge < -0.3 is 0 Å². The summed E-state index contributed by atoms with van der Waals surface area (Å²) in [5.41, 5.74) is -0.00785. The van der Waals surface area contributed by atoms with Crippen molar-refractivity contribution < 1.29 is 8.78 Å². The SMILES string of the molecule is CC1=CC(F)=CC(C)(C)C=CC1F. The number of alkyl halides is 1. The molecule has 2 heteroatoms. The van der Waals surface area contributed by atoms with E-state index >= 15 is 0 Å². The number of halogens is 2. The quantitative estimate of drug-likeness (QED) is 0.503. The third kappa shape index (κ3) is 2.79. The summed E-state index contributed by atoms with van der Waals surface area (Å²) in [5, 5.41) is 0. The van der Waals surface area contributed by atoms with Gasteiger partial charge in [0.25, 0.3) is 0 Å². The maximum absolute atomic E-state index is 13.2. The molecule has 0 N–H and O–H groups in total. The molecule has 1 unspecified atom stereocenters. The van der Waals surface area contributed by atoms with Gasteiger partial charge in [0.1, 0.15) is 12.0 Å². The fraction of sp³-hybridized carbons (Fsp3) is 0.455. The van der Waals surface area contributed by atoms with Crippen molar-refractivity contribution in [2.45, 2.75) is 26.9 Å². The number of hydrogen-bond donors (Lipinski definition) is 0. The normalized spacial score (nSPS) is 27.3. The van der Waals surface area contributed by atoms with Gasteiger partial charge in [-0.15, -0.1) is 0 Å². The van der Waals surface area contributed by atoms with Crippen LogP contribution in [0.4, 0.5) is 8.78 Å². The predicted molar refractivity (Wildman–Crippen MR) is 50.8 cm³/mol. The van der Waals surface area contributed by atoms with Crippen LogP contribution in [0.15, 0.2) is 35.7 Å². The first kappa shape index (κ1) is 10.2. The highest BCUT2D eigenvalue weighted by atomic mass is 19.1. The van der Waals surface area contributed by atoms with Crippen molar-refractivity contribution in [1.29, 1.82) is 0 Å². The molecule has 0 bridgehead atoms. The van der Waals surface area contributed by atoms with Crippen LogP contribution in [-0.4, -0.2) is 6.17 Å². The molecular weight excluding hydrogens is 170 g/mol. The molecule has 72 valence electrons. The van der Waals surface area contributed by atoms with E-state index in [1.807, 2.05) is 13.8 Å². The van der Waals surface area contributed by atoms with Gasteiger partial charge in [0.15, 0.2) is 0 Å².